The number of urea groups is 1. The van der Waals surface area contributed by atoms with E-state index in [1.54, 1.807) is 18.2 Å². The first-order chi connectivity index (χ1) is 9.69. The molecule has 2 aromatic carbocycles. The van der Waals surface area contributed by atoms with Crippen LogP contribution in [0.15, 0.2) is 48.5 Å². The Bertz CT molecular complexity index is 588. The van der Waals surface area contributed by atoms with Crippen molar-refractivity contribution in [3.8, 4) is 5.75 Å². The molecule has 104 valence electrons. The van der Waals surface area contributed by atoms with E-state index in [0.29, 0.717) is 23.0 Å². The summed E-state index contributed by atoms with van der Waals surface area (Å²) in [5, 5.41) is 6.01. The van der Waals surface area contributed by atoms with Crippen LogP contribution in [0, 0.1) is 0 Å². The van der Waals surface area contributed by atoms with Crippen LogP contribution in [-0.4, -0.2) is 13.1 Å². The maximum Gasteiger partial charge on any atom is 0.319 e. The van der Waals surface area contributed by atoms with Gasteiger partial charge in [0.15, 0.2) is 0 Å². The highest BCUT2D eigenvalue weighted by atomic mass is 35.5. The fourth-order valence-electron chi connectivity index (χ4n) is 1.72. The van der Waals surface area contributed by atoms with Gasteiger partial charge in [-0.15, -0.1) is 0 Å². The summed E-state index contributed by atoms with van der Waals surface area (Å²) >= 11 is 5.90. The van der Waals surface area contributed by atoms with E-state index >= 15 is 0 Å². The Morgan fingerprint density at radius 2 is 1.95 bits per heavy atom. The van der Waals surface area contributed by atoms with Crippen molar-refractivity contribution in [3.63, 3.8) is 0 Å². The maximum absolute atomic E-state index is 11.8. The van der Waals surface area contributed by atoms with Crippen LogP contribution in [0.5, 0.6) is 5.75 Å². The number of rotatable bonds is 4. The molecule has 0 atom stereocenters. The van der Waals surface area contributed by atoms with Gasteiger partial charge in [0.25, 0.3) is 0 Å². The van der Waals surface area contributed by atoms with Crippen LogP contribution in [-0.2, 0) is 6.54 Å². The predicted octanol–water partition coefficient (Wildman–Crippen LogP) is 3.67. The van der Waals surface area contributed by atoms with Crippen LogP contribution in [0.3, 0.4) is 0 Å². The second-order valence-electron chi connectivity index (χ2n) is 4.14. The molecule has 0 saturated carbocycles. The summed E-state index contributed by atoms with van der Waals surface area (Å²) in [5.41, 5.74) is 1.56. The molecule has 0 unspecified atom stereocenters. The lowest BCUT2D eigenvalue weighted by Crippen LogP contribution is -2.28. The number of carbonyl (C=O) groups is 1. The van der Waals surface area contributed by atoms with Gasteiger partial charge in [-0.2, -0.15) is 0 Å². The number of nitrogens with one attached hydrogen (secondary N) is 2. The third-order valence-electron chi connectivity index (χ3n) is 2.71. The standard InChI is InChI=1S/C15H15ClN2O2/c1-20-14-8-7-12(16)9-13(14)18-15(19)17-10-11-5-3-2-4-6-11/h2-9H,10H2,1H3,(H2,17,18,19). The quantitative estimate of drug-likeness (QED) is 0.902. The van der Waals surface area contributed by atoms with Gasteiger partial charge in [-0.25, -0.2) is 4.79 Å². The molecule has 0 aliphatic heterocycles. The molecule has 0 aliphatic rings. The summed E-state index contributed by atoms with van der Waals surface area (Å²) in [6.45, 7) is 0.454. The first-order valence-corrected chi connectivity index (χ1v) is 6.49. The summed E-state index contributed by atoms with van der Waals surface area (Å²) in [6, 6.07) is 14.4. The van der Waals surface area contributed by atoms with Crippen LogP contribution in [0.1, 0.15) is 5.56 Å². The van der Waals surface area contributed by atoms with E-state index in [1.807, 2.05) is 30.3 Å². The van der Waals surface area contributed by atoms with Crippen molar-refractivity contribution in [3.05, 3.63) is 59.1 Å². The molecule has 20 heavy (non-hydrogen) atoms. The zero-order valence-electron chi connectivity index (χ0n) is 11.0. The molecule has 5 heteroatoms. The largest absolute Gasteiger partial charge is 0.495 e. The molecule has 2 aromatic rings. The number of halogens is 1. The lowest BCUT2D eigenvalue weighted by Gasteiger charge is -2.11. The van der Waals surface area contributed by atoms with Crippen molar-refractivity contribution in [2.75, 3.05) is 12.4 Å². The van der Waals surface area contributed by atoms with Gasteiger partial charge in [-0.1, -0.05) is 41.9 Å². The van der Waals surface area contributed by atoms with Crippen LogP contribution >= 0.6 is 11.6 Å². The van der Waals surface area contributed by atoms with E-state index in [1.165, 1.54) is 7.11 Å². The number of ether oxygens (including phenoxy) is 1. The summed E-state index contributed by atoms with van der Waals surface area (Å²) < 4.78 is 5.16. The number of amides is 2. The fraction of sp³-hybridized carbons (Fsp3) is 0.133. The molecule has 0 aliphatic carbocycles. The van der Waals surface area contributed by atoms with E-state index < -0.39 is 0 Å². The third kappa shape index (κ3) is 3.90. The molecule has 2 N–H and O–H groups in total. The Morgan fingerprint density at radius 3 is 2.65 bits per heavy atom. The molecule has 2 rings (SSSR count). The molecule has 0 heterocycles. The minimum Gasteiger partial charge on any atom is -0.495 e. The Kier molecular flexibility index (Phi) is 4.85. The van der Waals surface area contributed by atoms with Gasteiger partial charge < -0.3 is 15.4 Å². The minimum atomic E-state index is -0.311. The van der Waals surface area contributed by atoms with Crippen molar-refractivity contribution in [2.24, 2.45) is 0 Å². The van der Waals surface area contributed by atoms with Crippen molar-refractivity contribution >= 4 is 23.3 Å². The highest BCUT2D eigenvalue weighted by Gasteiger charge is 2.07. The molecule has 0 fully saturated rings. The van der Waals surface area contributed by atoms with Gasteiger partial charge in [0.2, 0.25) is 0 Å². The molecule has 4 nitrogen and oxygen atoms in total. The molecule has 0 saturated heterocycles. The molecule has 2 amide bonds. The molecular weight excluding hydrogens is 276 g/mol. The van der Waals surface area contributed by atoms with Crippen LogP contribution in [0.4, 0.5) is 10.5 Å². The van der Waals surface area contributed by atoms with Crippen LogP contribution in [0.2, 0.25) is 5.02 Å². The molecule has 0 bridgehead atoms. The molecule has 0 spiro atoms. The fourth-order valence-corrected chi connectivity index (χ4v) is 1.89. The number of methoxy groups -OCH3 is 1. The highest BCUT2D eigenvalue weighted by molar-refractivity contribution is 6.31. The average molecular weight is 291 g/mol. The third-order valence-corrected chi connectivity index (χ3v) is 2.94. The predicted molar refractivity (Wildman–Crippen MR) is 80.3 cm³/mol. The van der Waals surface area contributed by atoms with Crippen LogP contribution < -0.4 is 15.4 Å². The summed E-state index contributed by atoms with van der Waals surface area (Å²) in [7, 11) is 1.54. The smallest absolute Gasteiger partial charge is 0.319 e. The molecule has 0 radical (unpaired) electrons. The van der Waals surface area contributed by atoms with Gasteiger partial charge in [-0.3, -0.25) is 0 Å². The Balaban J connectivity index is 1.96. The number of carbonyl (C=O) groups excluding carboxylic acids is 1. The zero-order chi connectivity index (χ0) is 14.4. The Labute approximate surface area is 122 Å². The molecule has 0 aromatic heterocycles. The normalized spacial score (nSPS) is 9.90. The lowest BCUT2D eigenvalue weighted by molar-refractivity contribution is 0.251. The van der Waals surface area contributed by atoms with Crippen LogP contribution in [0.25, 0.3) is 0 Å². The van der Waals surface area contributed by atoms with E-state index in [4.69, 9.17) is 16.3 Å². The van der Waals surface area contributed by atoms with Crippen molar-refractivity contribution in [1.29, 1.82) is 0 Å². The van der Waals surface area contributed by atoms with Gasteiger partial charge in [0.05, 0.1) is 12.8 Å². The first kappa shape index (κ1) is 14.2. The van der Waals surface area contributed by atoms with Gasteiger partial charge >= 0.3 is 6.03 Å². The summed E-state index contributed by atoms with van der Waals surface area (Å²) in [6.07, 6.45) is 0. The van der Waals surface area contributed by atoms with E-state index in [9.17, 15) is 4.79 Å². The lowest BCUT2D eigenvalue weighted by atomic mass is 10.2. The number of benzene rings is 2. The zero-order valence-corrected chi connectivity index (χ0v) is 11.8. The van der Waals surface area contributed by atoms with E-state index in [-0.39, 0.29) is 6.03 Å². The molecular formula is C15H15ClN2O2. The second-order valence-corrected chi connectivity index (χ2v) is 4.57. The minimum absolute atomic E-state index is 0.311. The number of hydrogen-bond acceptors (Lipinski definition) is 2. The second kappa shape index (κ2) is 6.82. The summed E-state index contributed by atoms with van der Waals surface area (Å²) in [4.78, 5) is 11.8. The van der Waals surface area contributed by atoms with Crippen molar-refractivity contribution < 1.29 is 9.53 Å². The average Bonchev–Trinajstić information content (AvgIpc) is 2.46. The van der Waals surface area contributed by atoms with Gasteiger partial charge in [0, 0.05) is 11.6 Å². The van der Waals surface area contributed by atoms with Crippen molar-refractivity contribution in [2.45, 2.75) is 6.54 Å². The Hall–Kier alpha value is -2.20. The highest BCUT2D eigenvalue weighted by Crippen LogP contribution is 2.27. The number of anilines is 1. The summed E-state index contributed by atoms with van der Waals surface area (Å²) in [5.74, 6) is 0.560. The van der Waals surface area contributed by atoms with E-state index in [0.717, 1.165) is 5.56 Å². The Morgan fingerprint density at radius 1 is 1.20 bits per heavy atom. The maximum atomic E-state index is 11.8. The monoisotopic (exact) mass is 290 g/mol. The number of hydrogen-bond donors (Lipinski definition) is 2. The van der Waals surface area contributed by atoms with E-state index in [2.05, 4.69) is 10.6 Å². The van der Waals surface area contributed by atoms with Gasteiger partial charge in [0.1, 0.15) is 5.75 Å². The topological polar surface area (TPSA) is 50.4 Å². The van der Waals surface area contributed by atoms with Gasteiger partial charge in [-0.05, 0) is 23.8 Å². The SMILES string of the molecule is COc1ccc(Cl)cc1NC(=O)NCc1ccccc1. The first-order valence-electron chi connectivity index (χ1n) is 6.11. The van der Waals surface area contributed by atoms with Crippen molar-refractivity contribution in [1.82, 2.24) is 5.32 Å².